The normalized spacial score (nSPS) is 26.4. The van der Waals surface area contributed by atoms with Crippen molar-refractivity contribution in [1.82, 2.24) is 10.2 Å². The number of nitrogens with zero attached hydrogens (tertiary/aromatic N) is 1. The monoisotopic (exact) mass is 340 g/mol. The molecule has 3 nitrogen and oxygen atoms in total. The first-order valence-corrected chi connectivity index (χ1v) is 9.91. The zero-order chi connectivity index (χ0) is 17.8. The van der Waals surface area contributed by atoms with Crippen molar-refractivity contribution in [3.8, 4) is 0 Å². The lowest BCUT2D eigenvalue weighted by atomic mass is 9.78. The standard InChI is InChI=1S/C22H32N2O/c1-16(2)22(25)23-20-12-6-4-10-19(15-20)17(3)24-14-8-11-18-9-5-7-13-21(18)24/h6,10,12,15-16,18,21H,3-5,7-9,11,13-14H2,1-2H3,(H,23,25)/t18-,21?/m1/s1. The zero-order valence-corrected chi connectivity index (χ0v) is 15.8. The number of carbonyl (C=O) groups is 1. The third kappa shape index (κ3) is 4.26. The average molecular weight is 341 g/mol. The number of likely N-dealkylation sites (tertiary alicyclic amines) is 1. The summed E-state index contributed by atoms with van der Waals surface area (Å²) in [6, 6.07) is 0.661. The molecular formula is C22H32N2O. The Morgan fingerprint density at radius 2 is 2.00 bits per heavy atom. The molecule has 3 heteroatoms. The van der Waals surface area contributed by atoms with Crippen molar-refractivity contribution in [1.29, 1.82) is 0 Å². The van der Waals surface area contributed by atoms with Gasteiger partial charge in [0.25, 0.3) is 0 Å². The van der Waals surface area contributed by atoms with Gasteiger partial charge in [0.15, 0.2) is 0 Å². The number of allylic oxidation sites excluding steroid dienone is 4. The van der Waals surface area contributed by atoms with Crippen LogP contribution in [0.4, 0.5) is 0 Å². The van der Waals surface area contributed by atoms with E-state index in [4.69, 9.17) is 0 Å². The van der Waals surface area contributed by atoms with E-state index in [1.807, 2.05) is 19.9 Å². The van der Waals surface area contributed by atoms with Crippen molar-refractivity contribution in [3.05, 3.63) is 47.9 Å². The Hall–Kier alpha value is -1.77. The second-order valence-electron chi connectivity index (χ2n) is 7.94. The molecule has 136 valence electrons. The van der Waals surface area contributed by atoms with Gasteiger partial charge in [-0.05, 0) is 55.7 Å². The second-order valence-corrected chi connectivity index (χ2v) is 7.94. The van der Waals surface area contributed by atoms with Gasteiger partial charge in [-0.3, -0.25) is 4.79 Å². The van der Waals surface area contributed by atoms with Crippen molar-refractivity contribution in [2.24, 2.45) is 11.8 Å². The van der Waals surface area contributed by atoms with E-state index < -0.39 is 0 Å². The minimum absolute atomic E-state index is 0.0155. The Morgan fingerprint density at radius 1 is 1.24 bits per heavy atom. The zero-order valence-electron chi connectivity index (χ0n) is 15.8. The summed E-state index contributed by atoms with van der Waals surface area (Å²) in [5, 5.41) is 3.04. The van der Waals surface area contributed by atoms with Crippen LogP contribution in [0.2, 0.25) is 0 Å². The molecule has 1 N–H and O–H groups in total. The fourth-order valence-corrected chi connectivity index (χ4v) is 4.36. The molecule has 1 saturated heterocycles. The molecule has 1 aliphatic heterocycles. The van der Waals surface area contributed by atoms with E-state index in [0.717, 1.165) is 35.9 Å². The number of piperidine rings is 1. The quantitative estimate of drug-likeness (QED) is 0.805. The summed E-state index contributed by atoms with van der Waals surface area (Å²) < 4.78 is 0. The molecule has 2 aliphatic carbocycles. The van der Waals surface area contributed by atoms with E-state index in [-0.39, 0.29) is 11.8 Å². The molecule has 2 fully saturated rings. The van der Waals surface area contributed by atoms with Crippen molar-refractivity contribution in [2.75, 3.05) is 6.54 Å². The number of nitrogens with one attached hydrogen (secondary N) is 1. The fourth-order valence-electron chi connectivity index (χ4n) is 4.36. The van der Waals surface area contributed by atoms with Crippen LogP contribution in [0.3, 0.4) is 0 Å². The van der Waals surface area contributed by atoms with Crippen molar-refractivity contribution < 1.29 is 4.79 Å². The van der Waals surface area contributed by atoms with Crippen LogP contribution in [-0.4, -0.2) is 23.4 Å². The molecule has 0 aromatic heterocycles. The minimum Gasteiger partial charge on any atom is -0.368 e. The van der Waals surface area contributed by atoms with Crippen LogP contribution in [-0.2, 0) is 4.79 Å². The number of fused-ring (bicyclic) bond motifs is 1. The van der Waals surface area contributed by atoms with Crippen LogP contribution in [0.5, 0.6) is 0 Å². The Balaban J connectivity index is 1.75. The number of hydrogen-bond donors (Lipinski definition) is 1. The Morgan fingerprint density at radius 3 is 2.80 bits per heavy atom. The largest absolute Gasteiger partial charge is 0.368 e. The number of carbonyl (C=O) groups excluding carboxylic acids is 1. The topological polar surface area (TPSA) is 32.3 Å². The Bertz CT molecular complexity index is 610. The van der Waals surface area contributed by atoms with E-state index in [1.54, 1.807) is 0 Å². The van der Waals surface area contributed by atoms with Gasteiger partial charge in [0.05, 0.1) is 0 Å². The van der Waals surface area contributed by atoms with Crippen molar-refractivity contribution in [3.63, 3.8) is 0 Å². The van der Waals surface area contributed by atoms with Crippen LogP contribution in [0.15, 0.2) is 47.9 Å². The van der Waals surface area contributed by atoms with E-state index in [0.29, 0.717) is 6.04 Å². The summed E-state index contributed by atoms with van der Waals surface area (Å²) in [6.45, 7) is 9.41. The van der Waals surface area contributed by atoms with E-state index in [2.05, 4.69) is 35.0 Å². The summed E-state index contributed by atoms with van der Waals surface area (Å²) in [5.74, 6) is 0.888. The van der Waals surface area contributed by atoms with Crippen LogP contribution >= 0.6 is 0 Å². The first kappa shape index (κ1) is 18.0. The smallest absolute Gasteiger partial charge is 0.226 e. The van der Waals surface area contributed by atoms with E-state index in [9.17, 15) is 4.79 Å². The first-order chi connectivity index (χ1) is 12.1. The molecular weight excluding hydrogens is 308 g/mol. The maximum Gasteiger partial charge on any atom is 0.226 e. The van der Waals surface area contributed by atoms with Crippen LogP contribution in [0.25, 0.3) is 0 Å². The third-order valence-corrected chi connectivity index (χ3v) is 5.80. The Labute approximate surface area is 152 Å². The average Bonchev–Trinajstić information content (AvgIpc) is 2.86. The first-order valence-electron chi connectivity index (χ1n) is 9.91. The van der Waals surface area contributed by atoms with Gasteiger partial charge >= 0.3 is 0 Å². The summed E-state index contributed by atoms with van der Waals surface area (Å²) in [4.78, 5) is 14.6. The van der Waals surface area contributed by atoms with Crippen molar-refractivity contribution >= 4 is 5.91 Å². The molecule has 0 bridgehead atoms. The molecule has 1 amide bonds. The van der Waals surface area contributed by atoms with E-state index >= 15 is 0 Å². The van der Waals surface area contributed by atoms with Gasteiger partial charge in [0.1, 0.15) is 0 Å². The highest BCUT2D eigenvalue weighted by Gasteiger charge is 2.34. The molecule has 25 heavy (non-hydrogen) atoms. The highest BCUT2D eigenvalue weighted by molar-refractivity contribution is 5.80. The van der Waals surface area contributed by atoms with Gasteiger partial charge in [-0.1, -0.05) is 45.4 Å². The predicted molar refractivity (Wildman–Crippen MR) is 104 cm³/mol. The molecule has 0 spiro atoms. The highest BCUT2D eigenvalue weighted by Crippen LogP contribution is 2.38. The molecule has 3 rings (SSSR count). The van der Waals surface area contributed by atoms with Gasteiger partial charge in [-0.25, -0.2) is 0 Å². The number of amides is 1. The van der Waals surface area contributed by atoms with Crippen molar-refractivity contribution in [2.45, 2.75) is 64.8 Å². The van der Waals surface area contributed by atoms with Gasteiger partial charge in [0.2, 0.25) is 5.91 Å². The minimum atomic E-state index is -0.0155. The van der Waals surface area contributed by atoms with E-state index in [1.165, 1.54) is 38.5 Å². The summed E-state index contributed by atoms with van der Waals surface area (Å²) in [6.07, 6.45) is 17.4. The summed E-state index contributed by atoms with van der Waals surface area (Å²) in [5.41, 5.74) is 3.17. The van der Waals surface area contributed by atoms with Gasteiger partial charge in [-0.15, -0.1) is 0 Å². The maximum absolute atomic E-state index is 12.1. The summed E-state index contributed by atoms with van der Waals surface area (Å²) >= 11 is 0. The molecule has 0 radical (unpaired) electrons. The Kier molecular flexibility index (Phi) is 5.82. The molecule has 3 aliphatic rings. The number of rotatable bonds is 4. The lowest BCUT2D eigenvalue weighted by molar-refractivity contribution is -0.123. The molecule has 1 heterocycles. The third-order valence-electron chi connectivity index (χ3n) is 5.80. The second kappa shape index (κ2) is 8.07. The predicted octanol–water partition coefficient (Wildman–Crippen LogP) is 4.70. The molecule has 0 aromatic rings. The number of hydrogen-bond acceptors (Lipinski definition) is 2. The molecule has 2 atom stereocenters. The molecule has 0 aromatic carbocycles. The van der Waals surface area contributed by atoms with Crippen LogP contribution < -0.4 is 5.32 Å². The van der Waals surface area contributed by atoms with Gasteiger partial charge < -0.3 is 10.2 Å². The fraction of sp³-hybridized carbons (Fsp3) is 0.591. The van der Waals surface area contributed by atoms with Crippen LogP contribution in [0, 0.1) is 11.8 Å². The SMILES string of the molecule is C=C(C1=CCC=CC(NC(=O)C(C)C)=C1)N1CCC[C@H]2CCCCC21. The lowest BCUT2D eigenvalue weighted by Crippen LogP contribution is -2.46. The molecule has 1 saturated carbocycles. The molecule has 1 unspecified atom stereocenters. The van der Waals surface area contributed by atoms with Gasteiger partial charge in [-0.2, -0.15) is 0 Å². The maximum atomic E-state index is 12.1. The highest BCUT2D eigenvalue weighted by atomic mass is 16.1. The summed E-state index contributed by atoms with van der Waals surface area (Å²) in [7, 11) is 0. The van der Waals surface area contributed by atoms with Gasteiger partial charge in [0, 0.05) is 29.9 Å². The lowest BCUT2D eigenvalue weighted by Gasteiger charge is -2.46. The van der Waals surface area contributed by atoms with Crippen LogP contribution in [0.1, 0.15) is 58.8 Å².